The summed E-state index contributed by atoms with van der Waals surface area (Å²) in [5.41, 5.74) is -1.02. The molecule has 1 aromatic heterocycles. The van der Waals surface area contributed by atoms with E-state index in [9.17, 15) is 19.5 Å². The molecule has 0 saturated heterocycles. The number of carboxylic acid groups (broad SMARTS) is 1. The van der Waals surface area contributed by atoms with Gasteiger partial charge < -0.3 is 5.11 Å². The third kappa shape index (κ3) is 3.60. The molecule has 0 saturated carbocycles. The van der Waals surface area contributed by atoms with Crippen LogP contribution in [-0.4, -0.2) is 31.6 Å². The fourth-order valence-corrected chi connectivity index (χ4v) is 2.78. The van der Waals surface area contributed by atoms with Gasteiger partial charge in [0, 0.05) is 12.8 Å². The number of hydrogen-bond donors (Lipinski definition) is 2. The van der Waals surface area contributed by atoms with Crippen LogP contribution in [0.1, 0.15) is 11.5 Å². The quantitative estimate of drug-likeness (QED) is 0.613. The van der Waals surface area contributed by atoms with Crippen LogP contribution < -0.4 is 11.1 Å². The lowest BCUT2D eigenvalue weighted by Gasteiger charge is -2.12. The minimum atomic E-state index is -0.955. The molecule has 8 heteroatoms. The minimum Gasteiger partial charge on any atom is -0.481 e. The van der Waals surface area contributed by atoms with Crippen molar-refractivity contribution >= 4 is 17.7 Å². The van der Waals surface area contributed by atoms with Crippen LogP contribution in [0.2, 0.25) is 0 Å². The summed E-state index contributed by atoms with van der Waals surface area (Å²) in [7, 11) is 1.54. The fourth-order valence-electron chi connectivity index (χ4n) is 1.74. The van der Waals surface area contributed by atoms with E-state index in [1.807, 2.05) is 6.07 Å². The van der Waals surface area contributed by atoms with Gasteiger partial charge in [-0.05, 0) is 5.56 Å². The summed E-state index contributed by atoms with van der Waals surface area (Å²) in [6.45, 7) is 0. The van der Waals surface area contributed by atoms with Crippen molar-refractivity contribution in [3.8, 4) is 0 Å². The Kier molecular flexibility index (Phi) is 4.59. The largest absolute Gasteiger partial charge is 0.481 e. The van der Waals surface area contributed by atoms with E-state index in [4.69, 9.17) is 0 Å². The second-order valence-electron chi connectivity index (χ2n) is 4.31. The number of hydrogen-bond acceptors (Lipinski definition) is 5. The molecule has 0 radical (unpaired) electrons. The number of aryl methyl sites for hydroxylation is 1. The second-order valence-corrected chi connectivity index (χ2v) is 5.30. The first kappa shape index (κ1) is 15.0. The number of benzene rings is 1. The number of carbonyl (C=O) groups is 1. The van der Waals surface area contributed by atoms with Gasteiger partial charge in [-0.1, -0.05) is 42.1 Å². The van der Waals surface area contributed by atoms with E-state index in [1.54, 1.807) is 24.3 Å². The van der Waals surface area contributed by atoms with Crippen molar-refractivity contribution in [1.29, 1.82) is 0 Å². The molecule has 0 amide bonds. The molecule has 2 N–H and O–H groups in total. The predicted molar refractivity (Wildman–Crippen MR) is 77.6 cm³/mol. The second kappa shape index (κ2) is 6.40. The highest BCUT2D eigenvalue weighted by molar-refractivity contribution is 7.99. The van der Waals surface area contributed by atoms with Gasteiger partial charge in [0.2, 0.25) is 0 Å². The first-order valence-electron chi connectivity index (χ1n) is 6.07. The summed E-state index contributed by atoms with van der Waals surface area (Å²) in [5.74, 6) is -1.48. The summed E-state index contributed by atoms with van der Waals surface area (Å²) < 4.78 is 1.30. The van der Waals surface area contributed by atoms with Gasteiger partial charge in [0.1, 0.15) is 0 Å². The molecular weight excluding hydrogens is 294 g/mol. The summed E-state index contributed by atoms with van der Waals surface area (Å²) in [4.78, 5) is 37.3. The molecule has 0 fully saturated rings. The molecule has 0 aliphatic heterocycles. The predicted octanol–water partition coefficient (Wildman–Crippen LogP) is 0.429. The number of nitrogens with one attached hydrogen (secondary N) is 1. The maximum absolute atomic E-state index is 11.4. The molecule has 1 atom stereocenters. The Labute approximate surface area is 123 Å². The summed E-state index contributed by atoms with van der Waals surface area (Å²) in [6, 6.07) is 8.81. The molecule has 1 heterocycles. The first-order chi connectivity index (χ1) is 9.99. The molecule has 0 aliphatic rings. The SMILES string of the molecule is Cn1[nH]c(=O)c(=O)nc1SCC(C(=O)O)c1ccccc1. The molecule has 1 unspecified atom stereocenters. The highest BCUT2D eigenvalue weighted by Gasteiger charge is 2.20. The van der Waals surface area contributed by atoms with E-state index in [2.05, 4.69) is 10.1 Å². The van der Waals surface area contributed by atoms with E-state index in [0.717, 1.165) is 11.8 Å². The van der Waals surface area contributed by atoms with Gasteiger partial charge in [-0.3, -0.25) is 24.2 Å². The van der Waals surface area contributed by atoms with Gasteiger partial charge in [-0.25, -0.2) is 0 Å². The monoisotopic (exact) mass is 307 g/mol. The molecule has 0 aliphatic carbocycles. The van der Waals surface area contributed by atoms with Crippen molar-refractivity contribution in [1.82, 2.24) is 14.8 Å². The number of nitrogens with zero attached hydrogens (tertiary/aromatic N) is 2. The maximum atomic E-state index is 11.4. The average Bonchev–Trinajstić information content (AvgIpc) is 2.45. The van der Waals surface area contributed by atoms with E-state index >= 15 is 0 Å². The average molecular weight is 307 g/mol. The molecule has 110 valence electrons. The lowest BCUT2D eigenvalue weighted by atomic mass is 10.0. The van der Waals surface area contributed by atoms with Crippen molar-refractivity contribution < 1.29 is 9.90 Å². The van der Waals surface area contributed by atoms with Gasteiger partial charge >= 0.3 is 17.1 Å². The number of aromatic nitrogens is 3. The molecule has 2 rings (SSSR count). The van der Waals surface area contributed by atoms with Crippen LogP contribution >= 0.6 is 11.8 Å². The number of carboxylic acids is 1. The van der Waals surface area contributed by atoms with Crippen LogP contribution in [0.3, 0.4) is 0 Å². The van der Waals surface area contributed by atoms with Gasteiger partial charge in [0.05, 0.1) is 5.92 Å². The van der Waals surface area contributed by atoms with Gasteiger partial charge in [-0.15, -0.1) is 0 Å². The number of rotatable bonds is 5. The van der Waals surface area contributed by atoms with Crippen molar-refractivity contribution in [2.45, 2.75) is 11.1 Å². The maximum Gasteiger partial charge on any atom is 0.339 e. The third-order valence-corrected chi connectivity index (χ3v) is 3.95. The zero-order chi connectivity index (χ0) is 15.4. The molecule has 7 nitrogen and oxygen atoms in total. The third-order valence-electron chi connectivity index (χ3n) is 2.83. The van der Waals surface area contributed by atoms with Gasteiger partial charge in [-0.2, -0.15) is 4.98 Å². The van der Waals surface area contributed by atoms with Crippen molar-refractivity contribution in [3.05, 3.63) is 56.6 Å². The Bertz CT molecular complexity index is 754. The molecule has 2 aromatic rings. The lowest BCUT2D eigenvalue weighted by molar-refractivity contribution is -0.138. The van der Waals surface area contributed by atoms with Crippen LogP contribution in [0.15, 0.2) is 45.1 Å². The van der Waals surface area contributed by atoms with Crippen molar-refractivity contribution in [2.75, 3.05) is 5.75 Å². The molecule has 0 spiro atoms. The first-order valence-corrected chi connectivity index (χ1v) is 7.05. The van der Waals surface area contributed by atoms with E-state index < -0.39 is 23.0 Å². The Morgan fingerprint density at radius 2 is 2.05 bits per heavy atom. The van der Waals surface area contributed by atoms with Crippen molar-refractivity contribution in [2.24, 2.45) is 7.05 Å². The van der Waals surface area contributed by atoms with Crippen molar-refractivity contribution in [3.63, 3.8) is 0 Å². The Balaban J connectivity index is 2.21. The normalized spacial score (nSPS) is 12.0. The van der Waals surface area contributed by atoms with E-state index in [1.165, 1.54) is 11.7 Å². The van der Waals surface area contributed by atoms with Crippen LogP contribution in [0.5, 0.6) is 0 Å². The van der Waals surface area contributed by atoms with Crippen LogP contribution in [0, 0.1) is 0 Å². The van der Waals surface area contributed by atoms with Crippen LogP contribution in [0.25, 0.3) is 0 Å². The van der Waals surface area contributed by atoms with E-state index in [-0.39, 0.29) is 10.9 Å². The molecular formula is C13H13N3O4S. The summed E-state index contributed by atoms with van der Waals surface area (Å²) in [5, 5.41) is 11.9. The Morgan fingerprint density at radius 3 is 2.67 bits per heavy atom. The molecule has 0 bridgehead atoms. The number of thioether (sulfide) groups is 1. The molecule has 21 heavy (non-hydrogen) atoms. The Hall–Kier alpha value is -2.35. The fraction of sp³-hybridized carbons (Fsp3) is 0.231. The Morgan fingerprint density at radius 1 is 1.38 bits per heavy atom. The number of aromatic amines is 1. The van der Waals surface area contributed by atoms with Crippen LogP contribution in [0.4, 0.5) is 0 Å². The lowest BCUT2D eigenvalue weighted by Crippen LogP contribution is -2.34. The zero-order valence-electron chi connectivity index (χ0n) is 11.1. The topological polar surface area (TPSA) is 105 Å². The van der Waals surface area contributed by atoms with Crippen LogP contribution in [-0.2, 0) is 11.8 Å². The molecule has 1 aromatic carbocycles. The van der Waals surface area contributed by atoms with E-state index in [0.29, 0.717) is 5.56 Å². The van der Waals surface area contributed by atoms with Gasteiger partial charge in [0.15, 0.2) is 5.16 Å². The summed E-state index contributed by atoms with van der Waals surface area (Å²) >= 11 is 1.10. The van der Waals surface area contributed by atoms with Gasteiger partial charge in [0.25, 0.3) is 0 Å². The summed E-state index contributed by atoms with van der Waals surface area (Å²) in [6.07, 6.45) is 0. The number of aliphatic carboxylic acids is 1. The smallest absolute Gasteiger partial charge is 0.339 e. The minimum absolute atomic E-state index is 0.200. The highest BCUT2D eigenvalue weighted by Crippen LogP contribution is 2.24. The standard InChI is InChI=1S/C13H13N3O4S/c1-16-13(14-10(17)11(18)15-16)21-7-9(12(19)20)8-5-3-2-4-6-8/h2-6,9H,7H2,1H3,(H,15,18)(H,19,20). The zero-order valence-corrected chi connectivity index (χ0v) is 12.0. The highest BCUT2D eigenvalue weighted by atomic mass is 32.2. The number of H-pyrrole nitrogens is 1.